The summed E-state index contributed by atoms with van der Waals surface area (Å²) in [5.41, 5.74) is 1.75. The second-order valence-corrected chi connectivity index (χ2v) is 4.30. The molecule has 19 heavy (non-hydrogen) atoms. The fourth-order valence-corrected chi connectivity index (χ4v) is 1.57. The van der Waals surface area contributed by atoms with Crippen LogP contribution in [0.15, 0.2) is 60.7 Å². The summed E-state index contributed by atoms with van der Waals surface area (Å²) in [6, 6.07) is 16.7. The van der Waals surface area contributed by atoms with E-state index in [1.165, 1.54) is 6.08 Å². The molecule has 0 aliphatic heterocycles. The quantitative estimate of drug-likeness (QED) is 0.594. The van der Waals surface area contributed by atoms with Crippen LogP contribution in [-0.2, 0) is 4.79 Å². The SMILES string of the molecule is O=C(C#Cc1ccccc1)/C=C/c1ccc(Cl)cc1. The molecule has 2 heteroatoms. The minimum absolute atomic E-state index is 0.223. The third-order valence-corrected chi connectivity index (χ3v) is 2.65. The maximum atomic E-state index is 11.6. The highest BCUT2D eigenvalue weighted by atomic mass is 35.5. The summed E-state index contributed by atoms with van der Waals surface area (Å²) in [5, 5.41) is 0.673. The average Bonchev–Trinajstić information content (AvgIpc) is 2.45. The maximum Gasteiger partial charge on any atom is 0.229 e. The Hall–Kier alpha value is -2.30. The number of halogens is 1. The second kappa shape index (κ2) is 6.58. The van der Waals surface area contributed by atoms with E-state index in [0.29, 0.717) is 5.02 Å². The first-order chi connectivity index (χ1) is 9.24. The molecule has 0 unspecified atom stereocenters. The fourth-order valence-electron chi connectivity index (χ4n) is 1.44. The number of ketones is 1. The molecule has 0 N–H and O–H groups in total. The second-order valence-electron chi connectivity index (χ2n) is 3.87. The van der Waals surface area contributed by atoms with E-state index < -0.39 is 0 Å². The maximum absolute atomic E-state index is 11.6. The first-order valence-electron chi connectivity index (χ1n) is 5.79. The van der Waals surface area contributed by atoms with E-state index in [2.05, 4.69) is 11.8 Å². The van der Waals surface area contributed by atoms with Crippen LogP contribution in [0.25, 0.3) is 6.08 Å². The normalized spacial score (nSPS) is 9.95. The number of allylic oxidation sites excluding steroid dienone is 1. The molecule has 1 nitrogen and oxygen atoms in total. The van der Waals surface area contributed by atoms with Crippen LogP contribution in [0.1, 0.15) is 11.1 Å². The summed E-state index contributed by atoms with van der Waals surface area (Å²) in [6.45, 7) is 0. The third kappa shape index (κ3) is 4.46. The average molecular weight is 267 g/mol. The molecule has 2 aromatic carbocycles. The number of benzene rings is 2. The predicted molar refractivity (Wildman–Crippen MR) is 78.8 cm³/mol. The molecule has 2 rings (SSSR count). The van der Waals surface area contributed by atoms with Crippen LogP contribution in [-0.4, -0.2) is 5.78 Å². The zero-order valence-electron chi connectivity index (χ0n) is 10.1. The van der Waals surface area contributed by atoms with Gasteiger partial charge in [0.15, 0.2) is 0 Å². The minimum atomic E-state index is -0.223. The van der Waals surface area contributed by atoms with Crippen molar-refractivity contribution in [2.45, 2.75) is 0 Å². The van der Waals surface area contributed by atoms with Crippen LogP contribution < -0.4 is 0 Å². The molecule has 0 heterocycles. The van der Waals surface area contributed by atoms with E-state index in [1.807, 2.05) is 42.5 Å². The molecule has 2 aromatic rings. The first kappa shape index (κ1) is 13.1. The van der Waals surface area contributed by atoms with Crippen LogP contribution in [0.4, 0.5) is 0 Å². The van der Waals surface area contributed by atoms with Crippen molar-refractivity contribution < 1.29 is 4.79 Å². The van der Waals surface area contributed by atoms with Gasteiger partial charge in [-0.3, -0.25) is 4.79 Å². The van der Waals surface area contributed by atoms with Crippen molar-refractivity contribution in [2.24, 2.45) is 0 Å². The van der Waals surface area contributed by atoms with Crippen molar-refractivity contribution in [3.63, 3.8) is 0 Å². The number of carbonyl (C=O) groups is 1. The van der Waals surface area contributed by atoms with E-state index in [-0.39, 0.29) is 5.78 Å². The van der Waals surface area contributed by atoms with E-state index in [0.717, 1.165) is 11.1 Å². The molecular weight excluding hydrogens is 256 g/mol. The van der Waals surface area contributed by atoms with Gasteiger partial charge < -0.3 is 0 Å². The van der Waals surface area contributed by atoms with Crippen LogP contribution in [0.5, 0.6) is 0 Å². The monoisotopic (exact) mass is 266 g/mol. The van der Waals surface area contributed by atoms with Crippen molar-refractivity contribution in [3.8, 4) is 11.8 Å². The van der Waals surface area contributed by atoms with Crippen LogP contribution >= 0.6 is 11.6 Å². The van der Waals surface area contributed by atoms with Gasteiger partial charge in [0.05, 0.1) is 0 Å². The summed E-state index contributed by atoms with van der Waals surface area (Å²) >= 11 is 5.78. The summed E-state index contributed by atoms with van der Waals surface area (Å²) < 4.78 is 0. The highest BCUT2D eigenvalue weighted by molar-refractivity contribution is 6.30. The predicted octanol–water partition coefficient (Wildman–Crippen LogP) is 3.97. The van der Waals surface area contributed by atoms with Crippen molar-refractivity contribution >= 4 is 23.5 Å². The van der Waals surface area contributed by atoms with Gasteiger partial charge in [-0.25, -0.2) is 0 Å². The topological polar surface area (TPSA) is 17.1 Å². The highest BCUT2D eigenvalue weighted by Crippen LogP contribution is 2.10. The Balaban J connectivity index is 2.02. The van der Waals surface area contributed by atoms with Gasteiger partial charge >= 0.3 is 0 Å². The third-order valence-electron chi connectivity index (χ3n) is 2.40. The van der Waals surface area contributed by atoms with Gasteiger partial charge in [0.1, 0.15) is 0 Å². The molecule has 0 amide bonds. The summed E-state index contributed by atoms with van der Waals surface area (Å²) in [6.07, 6.45) is 3.18. The van der Waals surface area contributed by atoms with Crippen molar-refractivity contribution in [3.05, 3.63) is 76.8 Å². The molecule has 0 bridgehead atoms. The summed E-state index contributed by atoms with van der Waals surface area (Å²) in [7, 11) is 0. The van der Waals surface area contributed by atoms with Crippen molar-refractivity contribution in [2.75, 3.05) is 0 Å². The van der Waals surface area contributed by atoms with Crippen molar-refractivity contribution in [1.29, 1.82) is 0 Å². The largest absolute Gasteiger partial charge is 0.280 e. The van der Waals surface area contributed by atoms with E-state index in [1.54, 1.807) is 18.2 Å². The molecule has 0 radical (unpaired) electrons. The molecule has 0 saturated heterocycles. The van der Waals surface area contributed by atoms with Gasteiger partial charge in [0.25, 0.3) is 0 Å². The summed E-state index contributed by atoms with van der Waals surface area (Å²) in [5.74, 6) is 5.17. The molecule has 0 fully saturated rings. The van der Waals surface area contributed by atoms with Crippen LogP contribution in [0.3, 0.4) is 0 Å². The van der Waals surface area contributed by atoms with Gasteiger partial charge in [0.2, 0.25) is 5.78 Å². The zero-order chi connectivity index (χ0) is 13.5. The van der Waals surface area contributed by atoms with E-state index >= 15 is 0 Å². The number of rotatable bonds is 2. The lowest BCUT2D eigenvalue weighted by Crippen LogP contribution is -1.86. The highest BCUT2D eigenvalue weighted by Gasteiger charge is 1.91. The molecule has 0 saturated carbocycles. The number of hydrogen-bond donors (Lipinski definition) is 0. The molecule has 0 atom stereocenters. The number of hydrogen-bond acceptors (Lipinski definition) is 1. The molecule has 0 aliphatic carbocycles. The minimum Gasteiger partial charge on any atom is -0.280 e. The Bertz CT molecular complexity index is 643. The van der Waals surface area contributed by atoms with Gasteiger partial charge in [-0.15, -0.1) is 0 Å². The zero-order valence-corrected chi connectivity index (χ0v) is 10.9. The Morgan fingerprint density at radius 2 is 1.68 bits per heavy atom. The van der Waals surface area contributed by atoms with E-state index in [9.17, 15) is 4.79 Å². The number of carbonyl (C=O) groups excluding carboxylic acids is 1. The smallest absolute Gasteiger partial charge is 0.229 e. The van der Waals surface area contributed by atoms with Crippen molar-refractivity contribution in [1.82, 2.24) is 0 Å². The van der Waals surface area contributed by atoms with Gasteiger partial charge in [-0.05, 0) is 41.8 Å². The first-order valence-corrected chi connectivity index (χ1v) is 6.16. The Kier molecular flexibility index (Phi) is 4.55. The molecule has 0 spiro atoms. The Morgan fingerprint density at radius 1 is 1.00 bits per heavy atom. The van der Waals surface area contributed by atoms with Crippen LogP contribution in [0.2, 0.25) is 5.02 Å². The molecule has 0 aromatic heterocycles. The molecule has 92 valence electrons. The Morgan fingerprint density at radius 3 is 2.37 bits per heavy atom. The van der Waals surface area contributed by atoms with Crippen LogP contribution in [0, 0.1) is 11.8 Å². The molecular formula is C17H11ClO. The van der Waals surface area contributed by atoms with Gasteiger partial charge in [-0.1, -0.05) is 53.9 Å². The molecule has 0 aliphatic rings. The van der Waals surface area contributed by atoms with E-state index in [4.69, 9.17) is 11.6 Å². The summed E-state index contributed by atoms with van der Waals surface area (Å²) in [4.78, 5) is 11.6. The lowest BCUT2D eigenvalue weighted by atomic mass is 10.2. The fraction of sp³-hybridized carbons (Fsp3) is 0. The lowest BCUT2D eigenvalue weighted by Gasteiger charge is -1.91. The van der Waals surface area contributed by atoms with Gasteiger partial charge in [0, 0.05) is 10.6 Å². The lowest BCUT2D eigenvalue weighted by molar-refractivity contribution is -0.109. The standard InChI is InChI=1S/C17H11ClO/c18-16-10-6-15(7-11-16)9-13-17(19)12-8-14-4-2-1-3-5-14/h1-7,9-11,13H/b13-9+. The Labute approximate surface area is 117 Å². The van der Waals surface area contributed by atoms with Gasteiger partial charge in [-0.2, -0.15) is 0 Å².